The molecule has 0 saturated heterocycles. The predicted octanol–water partition coefficient (Wildman–Crippen LogP) is 0.0322. The maximum Gasteiger partial charge on any atom is 0.323 e. The van der Waals surface area contributed by atoms with Gasteiger partial charge in [0, 0.05) is 12.0 Å². The average Bonchev–Trinajstić information content (AvgIpc) is 2.28. The molecular weight excluding hydrogens is 210 g/mol. The van der Waals surface area contributed by atoms with Crippen molar-refractivity contribution in [3.63, 3.8) is 0 Å². The Labute approximate surface area is 92.5 Å². The molecule has 5 heteroatoms. The summed E-state index contributed by atoms with van der Waals surface area (Å²) >= 11 is 0. The van der Waals surface area contributed by atoms with E-state index < -0.39 is 18.1 Å². The number of carbonyl (C=O) groups excluding carboxylic acids is 1. The van der Waals surface area contributed by atoms with Gasteiger partial charge in [0.05, 0.1) is 6.10 Å². The van der Waals surface area contributed by atoms with Crippen molar-refractivity contribution in [2.24, 2.45) is 5.73 Å². The molecule has 0 spiro atoms. The third-order valence-electron chi connectivity index (χ3n) is 2.19. The molecule has 0 heterocycles. The van der Waals surface area contributed by atoms with Gasteiger partial charge in [-0.3, -0.25) is 9.59 Å². The van der Waals surface area contributed by atoms with Crippen LogP contribution >= 0.6 is 0 Å². The number of aliphatic hydroxyl groups is 1. The lowest BCUT2D eigenvalue weighted by atomic mass is 10.0. The highest BCUT2D eigenvalue weighted by Crippen LogP contribution is 2.07. The number of carboxylic acids is 1. The largest absolute Gasteiger partial charge is 0.480 e. The molecule has 0 aliphatic carbocycles. The number of rotatable bonds is 5. The fourth-order valence-corrected chi connectivity index (χ4v) is 1.22. The summed E-state index contributed by atoms with van der Waals surface area (Å²) in [5.74, 6) is -1.65. The molecule has 1 aromatic carbocycles. The van der Waals surface area contributed by atoms with Crippen LogP contribution in [0.1, 0.15) is 16.8 Å². The number of aliphatic hydroxyl groups excluding tert-OH is 1. The first kappa shape index (κ1) is 12.4. The molecule has 1 aromatic rings. The van der Waals surface area contributed by atoms with Crippen LogP contribution in [0.4, 0.5) is 0 Å². The van der Waals surface area contributed by atoms with Crippen LogP contribution in [-0.4, -0.2) is 34.1 Å². The number of benzene rings is 1. The zero-order valence-electron chi connectivity index (χ0n) is 8.54. The van der Waals surface area contributed by atoms with Gasteiger partial charge in [0.15, 0.2) is 5.78 Å². The molecule has 16 heavy (non-hydrogen) atoms. The first-order chi connectivity index (χ1) is 7.52. The van der Waals surface area contributed by atoms with Gasteiger partial charge in [-0.05, 0) is 0 Å². The number of nitrogens with two attached hydrogens (primary N) is 1. The Morgan fingerprint density at radius 3 is 2.31 bits per heavy atom. The highest BCUT2D eigenvalue weighted by molar-refractivity contribution is 5.96. The Morgan fingerprint density at radius 1 is 1.25 bits per heavy atom. The fraction of sp³-hybridized carbons (Fsp3) is 0.273. The number of carbonyl (C=O) groups is 2. The molecule has 1 rings (SSSR count). The number of aliphatic carboxylic acids is 1. The van der Waals surface area contributed by atoms with E-state index in [1.54, 1.807) is 30.3 Å². The number of hydrogen-bond acceptors (Lipinski definition) is 4. The van der Waals surface area contributed by atoms with Crippen LogP contribution < -0.4 is 5.73 Å². The smallest absolute Gasteiger partial charge is 0.323 e. The van der Waals surface area contributed by atoms with Crippen LogP contribution in [0, 0.1) is 0 Å². The van der Waals surface area contributed by atoms with Gasteiger partial charge in [0.2, 0.25) is 0 Å². The van der Waals surface area contributed by atoms with Crippen molar-refractivity contribution in [2.75, 3.05) is 0 Å². The Bertz CT molecular complexity index is 377. The van der Waals surface area contributed by atoms with Gasteiger partial charge >= 0.3 is 5.97 Å². The number of ketones is 1. The zero-order valence-corrected chi connectivity index (χ0v) is 8.54. The molecule has 5 nitrogen and oxygen atoms in total. The summed E-state index contributed by atoms with van der Waals surface area (Å²) < 4.78 is 0. The summed E-state index contributed by atoms with van der Waals surface area (Å²) in [6.45, 7) is 0. The molecule has 0 amide bonds. The van der Waals surface area contributed by atoms with Gasteiger partial charge in [-0.1, -0.05) is 30.3 Å². The van der Waals surface area contributed by atoms with Crippen molar-refractivity contribution in [3.05, 3.63) is 35.9 Å². The highest BCUT2D eigenvalue weighted by atomic mass is 16.4. The topological polar surface area (TPSA) is 101 Å². The van der Waals surface area contributed by atoms with Gasteiger partial charge in [0.1, 0.15) is 6.04 Å². The van der Waals surface area contributed by atoms with E-state index in [-0.39, 0.29) is 12.2 Å². The van der Waals surface area contributed by atoms with E-state index >= 15 is 0 Å². The van der Waals surface area contributed by atoms with Gasteiger partial charge in [-0.2, -0.15) is 0 Å². The second kappa shape index (κ2) is 5.39. The van der Waals surface area contributed by atoms with Crippen molar-refractivity contribution >= 4 is 11.8 Å². The summed E-state index contributed by atoms with van der Waals surface area (Å²) in [7, 11) is 0. The monoisotopic (exact) mass is 223 g/mol. The molecule has 0 bridgehead atoms. The van der Waals surface area contributed by atoms with Crippen molar-refractivity contribution in [1.82, 2.24) is 0 Å². The Morgan fingerprint density at radius 2 is 1.81 bits per heavy atom. The standard InChI is InChI=1S/C11H13NO4/c12-10(11(15)16)9(14)6-8(13)7-4-2-1-3-5-7/h1-5,9-10,14H,6,12H2,(H,15,16)/t9-,10+/m1/s1. The molecule has 0 saturated carbocycles. The number of carboxylic acid groups (broad SMARTS) is 1. The summed E-state index contributed by atoms with van der Waals surface area (Å²) in [5, 5.41) is 17.9. The van der Waals surface area contributed by atoms with Crippen molar-refractivity contribution in [1.29, 1.82) is 0 Å². The molecule has 4 N–H and O–H groups in total. The van der Waals surface area contributed by atoms with Crippen LogP contribution in [0.15, 0.2) is 30.3 Å². The van der Waals surface area contributed by atoms with E-state index in [2.05, 4.69) is 0 Å². The van der Waals surface area contributed by atoms with Crippen LogP contribution in [0.5, 0.6) is 0 Å². The minimum absolute atomic E-state index is 0.294. The van der Waals surface area contributed by atoms with Gasteiger partial charge < -0.3 is 15.9 Å². The quantitative estimate of drug-likeness (QED) is 0.611. The normalized spacial score (nSPS) is 14.1. The average molecular weight is 223 g/mol. The van der Waals surface area contributed by atoms with Crippen LogP contribution in [-0.2, 0) is 4.79 Å². The first-order valence-electron chi connectivity index (χ1n) is 4.77. The first-order valence-corrected chi connectivity index (χ1v) is 4.77. The summed E-state index contributed by atoms with van der Waals surface area (Å²) in [4.78, 5) is 22.0. The van der Waals surface area contributed by atoms with E-state index in [9.17, 15) is 14.7 Å². The third kappa shape index (κ3) is 3.15. The molecule has 86 valence electrons. The summed E-state index contributed by atoms with van der Waals surface area (Å²) in [6, 6.07) is 6.90. The van der Waals surface area contributed by atoms with Crippen LogP contribution in [0.3, 0.4) is 0 Å². The van der Waals surface area contributed by atoms with Gasteiger partial charge in [0.25, 0.3) is 0 Å². The zero-order chi connectivity index (χ0) is 12.1. The highest BCUT2D eigenvalue weighted by Gasteiger charge is 2.24. The second-order valence-electron chi connectivity index (χ2n) is 3.42. The third-order valence-corrected chi connectivity index (χ3v) is 2.19. The number of hydrogen-bond donors (Lipinski definition) is 3. The maximum atomic E-state index is 11.6. The number of Topliss-reactive ketones (excluding diaryl/α,β-unsaturated/α-hetero) is 1. The van der Waals surface area contributed by atoms with Crippen molar-refractivity contribution < 1.29 is 19.8 Å². The summed E-state index contributed by atoms with van der Waals surface area (Å²) in [6.07, 6.45) is -1.66. The molecular formula is C11H13NO4. The Balaban J connectivity index is 2.62. The molecule has 0 aliphatic heterocycles. The van der Waals surface area contributed by atoms with Crippen LogP contribution in [0.2, 0.25) is 0 Å². The Hall–Kier alpha value is -1.72. The molecule has 2 atom stereocenters. The minimum Gasteiger partial charge on any atom is -0.480 e. The maximum absolute atomic E-state index is 11.6. The SMILES string of the molecule is N[C@H](C(=O)O)[C@H](O)CC(=O)c1ccccc1. The molecule has 0 aliphatic rings. The Kier molecular flexibility index (Phi) is 4.16. The second-order valence-corrected chi connectivity index (χ2v) is 3.42. The van der Waals surface area contributed by atoms with E-state index in [4.69, 9.17) is 10.8 Å². The van der Waals surface area contributed by atoms with E-state index in [0.717, 1.165) is 0 Å². The molecule has 0 aromatic heterocycles. The fourth-order valence-electron chi connectivity index (χ4n) is 1.22. The van der Waals surface area contributed by atoms with Gasteiger partial charge in [-0.25, -0.2) is 0 Å². The lowest BCUT2D eigenvalue weighted by Gasteiger charge is -2.13. The molecule has 0 fully saturated rings. The van der Waals surface area contributed by atoms with E-state index in [1.165, 1.54) is 0 Å². The summed E-state index contributed by atoms with van der Waals surface area (Å²) in [5.41, 5.74) is 5.61. The van der Waals surface area contributed by atoms with Crippen molar-refractivity contribution in [2.45, 2.75) is 18.6 Å². The van der Waals surface area contributed by atoms with E-state index in [0.29, 0.717) is 5.56 Å². The lowest BCUT2D eigenvalue weighted by Crippen LogP contribution is -2.42. The van der Waals surface area contributed by atoms with Gasteiger partial charge in [-0.15, -0.1) is 0 Å². The minimum atomic E-state index is -1.44. The predicted molar refractivity (Wildman–Crippen MR) is 57.0 cm³/mol. The van der Waals surface area contributed by atoms with Crippen molar-refractivity contribution in [3.8, 4) is 0 Å². The lowest BCUT2D eigenvalue weighted by molar-refractivity contribution is -0.141. The molecule has 0 unspecified atom stereocenters. The van der Waals surface area contributed by atoms with E-state index in [1.807, 2.05) is 0 Å². The molecule has 0 radical (unpaired) electrons. The van der Waals surface area contributed by atoms with Crippen LogP contribution in [0.25, 0.3) is 0 Å².